The van der Waals surface area contributed by atoms with Crippen LogP contribution >= 0.6 is 22.7 Å². The maximum absolute atomic E-state index is 14.4. The molecular weight excluding hydrogens is 699 g/mol. The van der Waals surface area contributed by atoms with Crippen molar-refractivity contribution in [2.45, 2.75) is 82.8 Å². The largest absolute Gasteiger partial charge is 0.474 e. The Bertz CT molecular complexity index is 1960. The molecule has 5 heterocycles. The molecular formula is C38H41N7O5S2. The second-order valence-corrected chi connectivity index (χ2v) is 15.5. The van der Waals surface area contributed by atoms with Crippen LogP contribution < -0.4 is 16.0 Å². The SMILES string of the molecule is CC(C)[C@H]1NC(=O)[C@H]2N=C(O[C@@H]2C)[C@@H]2CCCN2C(=O)[C@H](Cc2ccccc2)NC(=O)c2csc(n2)[C@H](Cc2ccccc2)NC(=O)c2csc1n2. The first kappa shape index (κ1) is 35.5. The molecule has 4 aromatic rings. The van der Waals surface area contributed by atoms with E-state index in [0.717, 1.165) is 17.5 Å². The highest BCUT2D eigenvalue weighted by Crippen LogP contribution is 2.30. The summed E-state index contributed by atoms with van der Waals surface area (Å²) in [6.45, 7) is 6.22. The van der Waals surface area contributed by atoms with Gasteiger partial charge in [-0.3, -0.25) is 19.2 Å². The van der Waals surface area contributed by atoms with E-state index in [1.165, 1.54) is 22.7 Å². The van der Waals surface area contributed by atoms with Crippen LogP contribution in [0.3, 0.4) is 0 Å². The number of aromatic nitrogens is 2. The number of carbonyl (C=O) groups is 4. The number of nitrogens with one attached hydrogen (secondary N) is 3. The molecule has 3 aliphatic heterocycles. The van der Waals surface area contributed by atoms with Crippen molar-refractivity contribution in [2.75, 3.05) is 6.54 Å². The molecule has 52 heavy (non-hydrogen) atoms. The molecule has 1 fully saturated rings. The third kappa shape index (κ3) is 7.63. The molecule has 0 radical (unpaired) electrons. The monoisotopic (exact) mass is 739 g/mol. The first-order chi connectivity index (χ1) is 25.1. The van der Waals surface area contributed by atoms with E-state index in [9.17, 15) is 19.2 Å². The summed E-state index contributed by atoms with van der Waals surface area (Å²) in [5.41, 5.74) is 2.24. The van der Waals surface area contributed by atoms with E-state index in [0.29, 0.717) is 35.3 Å². The van der Waals surface area contributed by atoms with Crippen LogP contribution in [0.5, 0.6) is 0 Å². The number of nitrogens with zero attached hydrogens (tertiary/aromatic N) is 4. The van der Waals surface area contributed by atoms with E-state index in [2.05, 4.69) is 20.9 Å². The molecule has 0 saturated carbocycles. The molecule has 3 N–H and O–H groups in total. The van der Waals surface area contributed by atoms with Crippen LogP contribution in [0.2, 0.25) is 0 Å². The summed E-state index contributed by atoms with van der Waals surface area (Å²) >= 11 is 2.57. The van der Waals surface area contributed by atoms with E-state index >= 15 is 0 Å². The predicted octanol–water partition coefficient (Wildman–Crippen LogP) is 4.66. The Morgan fingerprint density at radius 3 is 2.02 bits per heavy atom. The zero-order chi connectivity index (χ0) is 36.4. The molecule has 0 aliphatic carbocycles. The predicted molar refractivity (Wildman–Crippen MR) is 198 cm³/mol. The number of hydrogen-bond donors (Lipinski definition) is 3. The van der Waals surface area contributed by atoms with Gasteiger partial charge in [0.15, 0.2) is 6.04 Å². The molecule has 270 valence electrons. The van der Waals surface area contributed by atoms with Gasteiger partial charge in [-0.05, 0) is 43.2 Å². The Balaban J connectivity index is 1.27. The Kier molecular flexibility index (Phi) is 10.5. The summed E-state index contributed by atoms with van der Waals surface area (Å²) in [6, 6.07) is 16.0. The molecule has 2 aromatic carbocycles. The van der Waals surface area contributed by atoms with Crippen molar-refractivity contribution in [1.29, 1.82) is 0 Å². The fraction of sp³-hybridized carbons (Fsp3) is 0.395. The minimum absolute atomic E-state index is 0.0391. The molecule has 1 saturated heterocycles. The van der Waals surface area contributed by atoms with Crippen LogP contribution in [-0.2, 0) is 27.2 Å². The Hall–Kier alpha value is -4.95. The quantitative estimate of drug-likeness (QED) is 0.269. The lowest BCUT2D eigenvalue weighted by Gasteiger charge is -2.29. The van der Waals surface area contributed by atoms with Crippen LogP contribution in [0.1, 0.15) is 87.8 Å². The third-order valence-corrected chi connectivity index (χ3v) is 11.5. The molecule has 12 nitrogen and oxygen atoms in total. The summed E-state index contributed by atoms with van der Waals surface area (Å²) in [5.74, 6) is -1.17. The number of rotatable bonds is 5. The van der Waals surface area contributed by atoms with Crippen LogP contribution in [0.25, 0.3) is 0 Å². The molecule has 3 aliphatic rings. The Labute approximate surface area is 310 Å². The molecule has 4 amide bonds. The molecule has 14 heteroatoms. The average molecular weight is 740 g/mol. The second-order valence-electron chi connectivity index (χ2n) is 13.7. The van der Waals surface area contributed by atoms with Gasteiger partial charge >= 0.3 is 0 Å². The Morgan fingerprint density at radius 2 is 1.38 bits per heavy atom. The van der Waals surface area contributed by atoms with Crippen molar-refractivity contribution in [3.63, 3.8) is 0 Å². The summed E-state index contributed by atoms with van der Waals surface area (Å²) in [4.78, 5) is 71.6. The number of fused-ring (bicyclic) bond motifs is 7. The van der Waals surface area contributed by atoms with Gasteiger partial charge in [0.1, 0.15) is 39.6 Å². The van der Waals surface area contributed by atoms with E-state index < -0.39 is 48.1 Å². The highest BCUT2D eigenvalue weighted by atomic mass is 32.1. The van der Waals surface area contributed by atoms with Gasteiger partial charge in [0.2, 0.25) is 17.7 Å². The zero-order valence-electron chi connectivity index (χ0n) is 29.2. The fourth-order valence-electron chi connectivity index (χ4n) is 6.85. The number of carbonyl (C=O) groups excluding carboxylic acids is 4. The highest BCUT2D eigenvalue weighted by Gasteiger charge is 2.43. The van der Waals surface area contributed by atoms with Crippen molar-refractivity contribution in [1.82, 2.24) is 30.8 Å². The van der Waals surface area contributed by atoms with Gasteiger partial charge in [0.05, 0.1) is 12.1 Å². The lowest BCUT2D eigenvalue weighted by Crippen LogP contribution is -2.52. The van der Waals surface area contributed by atoms with Gasteiger partial charge in [-0.1, -0.05) is 74.5 Å². The summed E-state index contributed by atoms with van der Waals surface area (Å²) in [5, 5.41) is 13.7. The van der Waals surface area contributed by atoms with Crippen molar-refractivity contribution >= 4 is 52.2 Å². The first-order valence-corrected chi connectivity index (χ1v) is 19.4. The minimum Gasteiger partial charge on any atom is -0.474 e. The van der Waals surface area contributed by atoms with Gasteiger partial charge in [-0.15, -0.1) is 22.7 Å². The van der Waals surface area contributed by atoms with Gasteiger partial charge in [-0.2, -0.15) is 0 Å². The number of benzene rings is 2. The highest BCUT2D eigenvalue weighted by molar-refractivity contribution is 7.10. The second kappa shape index (κ2) is 15.3. The molecule has 0 spiro atoms. The fourth-order valence-corrected chi connectivity index (χ4v) is 8.72. The minimum atomic E-state index is -0.904. The summed E-state index contributed by atoms with van der Waals surface area (Å²) < 4.78 is 6.19. The molecule has 7 rings (SSSR count). The number of amides is 4. The van der Waals surface area contributed by atoms with E-state index in [-0.39, 0.29) is 35.5 Å². The summed E-state index contributed by atoms with van der Waals surface area (Å²) in [7, 11) is 0. The van der Waals surface area contributed by atoms with E-state index in [1.807, 2.05) is 74.5 Å². The van der Waals surface area contributed by atoms with Crippen LogP contribution in [-0.4, -0.2) is 75.2 Å². The molecule has 0 unspecified atom stereocenters. The lowest BCUT2D eigenvalue weighted by molar-refractivity contribution is -0.133. The van der Waals surface area contributed by atoms with Crippen LogP contribution in [0.4, 0.5) is 0 Å². The molecule has 6 bridgehead atoms. The molecule has 6 atom stereocenters. The first-order valence-electron chi connectivity index (χ1n) is 17.6. The van der Waals surface area contributed by atoms with Crippen molar-refractivity contribution < 1.29 is 23.9 Å². The smallest absolute Gasteiger partial charge is 0.271 e. The third-order valence-electron chi connectivity index (χ3n) is 9.62. The van der Waals surface area contributed by atoms with Crippen molar-refractivity contribution in [3.8, 4) is 0 Å². The normalized spacial score (nSPS) is 25.4. The van der Waals surface area contributed by atoms with Gasteiger partial charge in [-0.25, -0.2) is 15.0 Å². The maximum atomic E-state index is 14.4. The lowest BCUT2D eigenvalue weighted by atomic mass is 10.0. The van der Waals surface area contributed by atoms with E-state index in [1.54, 1.807) is 22.6 Å². The number of ether oxygens (including phenoxy) is 1. The number of aliphatic imine (C=N–C) groups is 1. The van der Waals surface area contributed by atoms with Gasteiger partial charge in [0, 0.05) is 23.7 Å². The molecule has 2 aromatic heterocycles. The maximum Gasteiger partial charge on any atom is 0.271 e. The average Bonchev–Trinajstić information content (AvgIpc) is 3.97. The van der Waals surface area contributed by atoms with Crippen molar-refractivity contribution in [3.05, 3.63) is 104 Å². The van der Waals surface area contributed by atoms with E-state index in [4.69, 9.17) is 14.7 Å². The van der Waals surface area contributed by atoms with Gasteiger partial charge < -0.3 is 25.6 Å². The zero-order valence-corrected chi connectivity index (χ0v) is 30.8. The summed E-state index contributed by atoms with van der Waals surface area (Å²) in [6.07, 6.45) is 1.48. The number of thiazole rings is 2. The Morgan fingerprint density at radius 1 is 0.808 bits per heavy atom. The standard InChI is InChI=1S/C38H41N7O5S2/c1-21(2)30-37-42-28(20-52-37)32(46)39-25(17-23-11-6-4-7-12-23)36-41-27(19-51-36)33(47)40-26(18-24-13-8-5-9-14-24)38(49)45-16-10-15-29(45)35-44-31(22(3)50-35)34(48)43-30/h4-9,11-14,19-22,25-26,29-31H,10,15-18H2,1-3H3,(H,39,46)(H,40,47)(H,43,48)/t22-,25+,26+,29+,30-,31+/m1/s1. The van der Waals surface area contributed by atoms with Crippen LogP contribution in [0.15, 0.2) is 76.4 Å². The number of hydrogen-bond acceptors (Lipinski definition) is 10. The van der Waals surface area contributed by atoms with Gasteiger partial charge in [0.25, 0.3) is 11.8 Å². The van der Waals surface area contributed by atoms with Crippen molar-refractivity contribution in [2.24, 2.45) is 10.9 Å². The topological polar surface area (TPSA) is 155 Å². The van der Waals surface area contributed by atoms with Crippen LogP contribution in [0, 0.1) is 5.92 Å².